The molecule has 0 saturated carbocycles. The van der Waals surface area contributed by atoms with E-state index in [1.807, 2.05) is 34.0 Å². The number of thioether (sulfide) groups is 1. The molecule has 1 amide bonds. The van der Waals surface area contributed by atoms with Gasteiger partial charge in [0.2, 0.25) is 0 Å². The highest BCUT2D eigenvalue weighted by Gasteiger charge is 2.37. The van der Waals surface area contributed by atoms with Crippen molar-refractivity contribution in [3.63, 3.8) is 0 Å². The lowest BCUT2D eigenvalue weighted by Crippen LogP contribution is -2.56. The minimum atomic E-state index is -0.738. The SMILES string of the molecule is CCOC(=O)C(C)=C[C@@H](NCC(=O)[C@@H](NC(=O)OC(C)(C)C)C(C)(C)SC)C(C)C. The molecule has 8 heteroatoms. The van der Waals surface area contributed by atoms with E-state index < -0.39 is 22.5 Å². The Hall–Kier alpha value is -1.54. The zero-order valence-electron chi connectivity index (χ0n) is 20.2. The number of ketones is 1. The number of alkyl carbamates (subject to hydrolysis) is 1. The van der Waals surface area contributed by atoms with E-state index in [1.165, 1.54) is 11.8 Å². The number of rotatable bonds is 11. The summed E-state index contributed by atoms with van der Waals surface area (Å²) in [5.41, 5.74) is -0.166. The first-order valence-corrected chi connectivity index (χ1v) is 11.5. The Balaban J connectivity index is 5.35. The molecule has 2 N–H and O–H groups in total. The number of Topliss-reactive ketones (excluding diaryl/α,β-unsaturated/α-hetero) is 1. The summed E-state index contributed by atoms with van der Waals surface area (Å²) in [5.74, 6) is -0.384. The Kier molecular flexibility index (Phi) is 11.7. The zero-order valence-corrected chi connectivity index (χ0v) is 21.0. The van der Waals surface area contributed by atoms with E-state index in [4.69, 9.17) is 9.47 Å². The van der Waals surface area contributed by atoms with Gasteiger partial charge in [-0.05, 0) is 60.6 Å². The Morgan fingerprint density at radius 1 is 1.10 bits per heavy atom. The molecule has 0 rings (SSSR count). The number of hydrogen-bond acceptors (Lipinski definition) is 7. The summed E-state index contributed by atoms with van der Waals surface area (Å²) in [5, 5.41) is 5.94. The molecular formula is C22H40N2O5S. The van der Waals surface area contributed by atoms with Gasteiger partial charge in [-0.1, -0.05) is 19.9 Å². The third-order valence-electron chi connectivity index (χ3n) is 4.46. The van der Waals surface area contributed by atoms with E-state index in [0.29, 0.717) is 12.2 Å². The normalized spacial score (nSPS) is 14.8. The maximum absolute atomic E-state index is 13.0. The average Bonchev–Trinajstić information content (AvgIpc) is 2.60. The molecule has 2 atom stereocenters. The number of nitrogens with one attached hydrogen (secondary N) is 2. The van der Waals surface area contributed by atoms with Gasteiger partial charge in [0.15, 0.2) is 5.78 Å². The van der Waals surface area contributed by atoms with Crippen molar-refractivity contribution in [2.45, 2.75) is 84.7 Å². The molecule has 0 unspecified atom stereocenters. The molecule has 0 fully saturated rings. The summed E-state index contributed by atoms with van der Waals surface area (Å²) in [6.45, 7) is 16.9. The van der Waals surface area contributed by atoms with Crippen LogP contribution >= 0.6 is 11.8 Å². The van der Waals surface area contributed by atoms with E-state index in [-0.39, 0.29) is 30.3 Å². The van der Waals surface area contributed by atoms with Gasteiger partial charge >= 0.3 is 12.1 Å². The first kappa shape index (κ1) is 28.5. The molecule has 0 aromatic heterocycles. The number of esters is 1. The van der Waals surface area contributed by atoms with Crippen LogP contribution < -0.4 is 10.6 Å². The van der Waals surface area contributed by atoms with Crippen molar-refractivity contribution in [3.8, 4) is 0 Å². The maximum atomic E-state index is 13.0. The van der Waals surface area contributed by atoms with Crippen LogP contribution in [0.4, 0.5) is 4.79 Å². The largest absolute Gasteiger partial charge is 0.463 e. The van der Waals surface area contributed by atoms with Gasteiger partial charge in [-0.25, -0.2) is 9.59 Å². The monoisotopic (exact) mass is 444 g/mol. The minimum Gasteiger partial charge on any atom is -0.463 e. The molecule has 0 spiro atoms. The zero-order chi connectivity index (χ0) is 23.7. The molecule has 7 nitrogen and oxygen atoms in total. The molecule has 0 aromatic rings. The van der Waals surface area contributed by atoms with Gasteiger partial charge in [0.05, 0.1) is 13.2 Å². The first-order valence-electron chi connectivity index (χ1n) is 10.3. The Morgan fingerprint density at radius 3 is 2.10 bits per heavy atom. The second-order valence-electron chi connectivity index (χ2n) is 9.07. The highest BCUT2D eigenvalue weighted by Crippen LogP contribution is 2.26. The minimum absolute atomic E-state index is 0.0416. The van der Waals surface area contributed by atoms with Gasteiger partial charge in [-0.3, -0.25) is 4.79 Å². The van der Waals surface area contributed by atoms with Crippen molar-refractivity contribution in [1.82, 2.24) is 10.6 Å². The van der Waals surface area contributed by atoms with E-state index in [1.54, 1.807) is 40.7 Å². The third kappa shape index (κ3) is 10.5. The molecule has 0 aromatic carbocycles. The van der Waals surface area contributed by atoms with Crippen molar-refractivity contribution in [3.05, 3.63) is 11.6 Å². The van der Waals surface area contributed by atoms with Crippen LogP contribution in [0, 0.1) is 5.92 Å². The van der Waals surface area contributed by atoms with Crippen LogP contribution in [0.3, 0.4) is 0 Å². The van der Waals surface area contributed by atoms with Crippen LogP contribution in [0.5, 0.6) is 0 Å². The second kappa shape index (κ2) is 12.3. The van der Waals surface area contributed by atoms with Gasteiger partial charge in [0.25, 0.3) is 0 Å². The first-order chi connectivity index (χ1) is 13.6. The fourth-order valence-corrected chi connectivity index (χ4v) is 3.00. The number of carbonyl (C=O) groups is 3. The summed E-state index contributed by atoms with van der Waals surface area (Å²) in [7, 11) is 0. The van der Waals surface area contributed by atoms with Crippen molar-refractivity contribution < 1.29 is 23.9 Å². The predicted molar refractivity (Wildman–Crippen MR) is 123 cm³/mol. The Labute approximate surface area is 186 Å². The van der Waals surface area contributed by atoms with Crippen molar-refractivity contribution in [2.24, 2.45) is 5.92 Å². The number of ether oxygens (including phenoxy) is 2. The lowest BCUT2D eigenvalue weighted by Gasteiger charge is -2.33. The summed E-state index contributed by atoms with van der Waals surface area (Å²) in [4.78, 5) is 37.2. The van der Waals surface area contributed by atoms with E-state index in [9.17, 15) is 14.4 Å². The molecule has 0 aliphatic carbocycles. The highest BCUT2D eigenvalue weighted by atomic mass is 32.2. The Bertz CT molecular complexity index is 624. The van der Waals surface area contributed by atoms with Gasteiger partial charge in [-0.15, -0.1) is 0 Å². The van der Waals surface area contributed by atoms with Crippen LogP contribution in [0.2, 0.25) is 0 Å². The molecule has 0 bridgehead atoms. The molecular weight excluding hydrogens is 404 g/mol. The van der Waals surface area contributed by atoms with E-state index in [0.717, 1.165) is 0 Å². The molecule has 0 aliphatic heterocycles. The second-order valence-corrected chi connectivity index (χ2v) is 10.5. The number of carbonyl (C=O) groups excluding carboxylic acids is 3. The topological polar surface area (TPSA) is 93.7 Å². The molecule has 30 heavy (non-hydrogen) atoms. The molecule has 174 valence electrons. The van der Waals surface area contributed by atoms with Crippen molar-refractivity contribution in [1.29, 1.82) is 0 Å². The Morgan fingerprint density at radius 2 is 1.67 bits per heavy atom. The standard InChI is InChI=1S/C22H40N2O5S/c1-11-28-19(26)15(4)12-16(14(2)3)23-13-17(25)18(22(8,9)30-10)24-20(27)29-21(5,6)7/h12,14,16,18,23H,11,13H2,1-10H3,(H,24,27)/t16-,18-/m1/s1. The van der Waals surface area contributed by atoms with Crippen LogP contribution in [0.25, 0.3) is 0 Å². The quantitative estimate of drug-likeness (QED) is 0.370. The summed E-state index contributed by atoms with van der Waals surface area (Å²) < 4.78 is 9.83. The van der Waals surface area contributed by atoms with Crippen LogP contribution in [-0.4, -0.2) is 59.7 Å². The highest BCUT2D eigenvalue weighted by molar-refractivity contribution is 8.00. The van der Waals surface area contributed by atoms with Crippen LogP contribution in [0.15, 0.2) is 11.6 Å². The van der Waals surface area contributed by atoms with Gasteiger partial charge in [0.1, 0.15) is 11.6 Å². The fraction of sp³-hybridized carbons (Fsp3) is 0.773. The lowest BCUT2D eigenvalue weighted by atomic mass is 9.97. The molecule has 0 heterocycles. The van der Waals surface area contributed by atoms with E-state index in [2.05, 4.69) is 10.6 Å². The third-order valence-corrected chi connectivity index (χ3v) is 5.75. The van der Waals surface area contributed by atoms with Crippen LogP contribution in [-0.2, 0) is 19.1 Å². The molecule has 0 saturated heterocycles. The van der Waals surface area contributed by atoms with Crippen LogP contribution in [0.1, 0.15) is 62.3 Å². The van der Waals surface area contributed by atoms with Gasteiger partial charge < -0.3 is 20.1 Å². The van der Waals surface area contributed by atoms with Crippen molar-refractivity contribution >= 4 is 29.6 Å². The fourth-order valence-electron chi connectivity index (χ4n) is 2.58. The average molecular weight is 445 g/mol. The molecule has 0 aliphatic rings. The maximum Gasteiger partial charge on any atom is 0.408 e. The molecule has 0 radical (unpaired) electrons. The summed E-state index contributed by atoms with van der Waals surface area (Å²) in [6.07, 6.45) is 3.06. The van der Waals surface area contributed by atoms with E-state index >= 15 is 0 Å². The van der Waals surface area contributed by atoms with Crippen molar-refractivity contribution in [2.75, 3.05) is 19.4 Å². The van der Waals surface area contributed by atoms with Gasteiger partial charge in [0, 0.05) is 16.4 Å². The number of hydrogen-bond donors (Lipinski definition) is 2. The summed E-state index contributed by atoms with van der Waals surface area (Å²) in [6, 6.07) is -0.935. The van der Waals surface area contributed by atoms with Gasteiger partial charge in [-0.2, -0.15) is 11.8 Å². The number of amides is 1. The smallest absolute Gasteiger partial charge is 0.408 e. The lowest BCUT2D eigenvalue weighted by molar-refractivity contribution is -0.138. The summed E-state index contributed by atoms with van der Waals surface area (Å²) >= 11 is 1.49. The predicted octanol–water partition coefficient (Wildman–Crippen LogP) is 3.71.